The molecular formula is C19H21F3IN3O3. The number of halogens is 4. The van der Waals surface area contributed by atoms with Crippen molar-refractivity contribution >= 4 is 35.6 Å². The summed E-state index contributed by atoms with van der Waals surface area (Å²) in [5.41, 5.74) is 5.66. The third-order valence-electron chi connectivity index (χ3n) is 3.84. The molecule has 0 unspecified atom stereocenters. The quantitative estimate of drug-likeness (QED) is 0.265. The second-order valence-corrected chi connectivity index (χ2v) is 5.95. The molecule has 158 valence electrons. The Morgan fingerprint density at radius 2 is 1.83 bits per heavy atom. The summed E-state index contributed by atoms with van der Waals surface area (Å²) in [5.74, 6) is 1.15. The number of guanidine groups is 1. The Labute approximate surface area is 183 Å². The lowest BCUT2D eigenvalue weighted by atomic mass is 10.2. The smallest absolute Gasteiger partial charge is 0.419 e. The predicted molar refractivity (Wildman–Crippen MR) is 115 cm³/mol. The van der Waals surface area contributed by atoms with Gasteiger partial charge >= 0.3 is 6.18 Å². The Balaban J connectivity index is 0.00000300. The summed E-state index contributed by atoms with van der Waals surface area (Å²) >= 11 is 0. The number of nitrogens with one attached hydrogen (secondary N) is 1. The van der Waals surface area contributed by atoms with E-state index in [4.69, 9.17) is 19.9 Å². The van der Waals surface area contributed by atoms with Gasteiger partial charge in [0.05, 0.1) is 25.3 Å². The van der Waals surface area contributed by atoms with Gasteiger partial charge in [0.1, 0.15) is 12.4 Å². The van der Waals surface area contributed by atoms with E-state index < -0.39 is 11.7 Å². The summed E-state index contributed by atoms with van der Waals surface area (Å²) in [7, 11) is 0. The Morgan fingerprint density at radius 1 is 1.10 bits per heavy atom. The highest BCUT2D eigenvalue weighted by Gasteiger charge is 2.33. The van der Waals surface area contributed by atoms with Gasteiger partial charge in [0.2, 0.25) is 0 Å². The van der Waals surface area contributed by atoms with E-state index in [1.807, 2.05) is 0 Å². The number of nitrogens with two attached hydrogens (primary N) is 1. The summed E-state index contributed by atoms with van der Waals surface area (Å²) < 4.78 is 55.1. The molecule has 3 N–H and O–H groups in total. The summed E-state index contributed by atoms with van der Waals surface area (Å²) in [6.45, 7) is 1.21. The number of anilines is 1. The van der Waals surface area contributed by atoms with E-state index in [1.165, 1.54) is 18.2 Å². The van der Waals surface area contributed by atoms with Crippen LogP contribution in [0.25, 0.3) is 0 Å². The van der Waals surface area contributed by atoms with Gasteiger partial charge in [-0.15, -0.1) is 24.0 Å². The van der Waals surface area contributed by atoms with Gasteiger partial charge in [-0.2, -0.15) is 13.2 Å². The molecule has 0 saturated carbocycles. The van der Waals surface area contributed by atoms with E-state index in [-0.39, 0.29) is 48.8 Å². The molecule has 0 aliphatic carbocycles. The van der Waals surface area contributed by atoms with Crippen molar-refractivity contribution < 1.29 is 27.4 Å². The fourth-order valence-electron chi connectivity index (χ4n) is 2.58. The summed E-state index contributed by atoms with van der Waals surface area (Å²) in [5, 5.41) is 2.90. The molecule has 0 fully saturated rings. The van der Waals surface area contributed by atoms with Crippen molar-refractivity contribution in [3.8, 4) is 17.2 Å². The van der Waals surface area contributed by atoms with Crippen LogP contribution in [-0.2, 0) is 6.18 Å². The molecule has 0 amide bonds. The maximum Gasteiger partial charge on any atom is 0.419 e. The SMILES string of the molecule is I.NC(=NCCOc1ccccc1C(F)(F)F)Nc1ccc2c(c1)OCCCO2. The second kappa shape index (κ2) is 10.4. The van der Waals surface area contributed by atoms with Crippen molar-refractivity contribution in [3.05, 3.63) is 48.0 Å². The second-order valence-electron chi connectivity index (χ2n) is 5.95. The number of alkyl halides is 3. The number of para-hydroxylation sites is 1. The number of hydrogen-bond donors (Lipinski definition) is 2. The topological polar surface area (TPSA) is 78.1 Å². The zero-order valence-corrected chi connectivity index (χ0v) is 17.7. The first-order valence-corrected chi connectivity index (χ1v) is 8.69. The number of ether oxygens (including phenoxy) is 3. The summed E-state index contributed by atoms with van der Waals surface area (Å²) in [4.78, 5) is 4.06. The predicted octanol–water partition coefficient (Wildman–Crippen LogP) is 4.29. The molecule has 1 aliphatic heterocycles. The molecule has 1 heterocycles. The van der Waals surface area contributed by atoms with Crippen molar-refractivity contribution in [1.82, 2.24) is 0 Å². The standard InChI is InChI=1S/C19H20F3N3O3.HI/c20-19(21,22)14-4-1-2-5-15(14)28-11-8-24-18(23)25-13-6-7-16-17(12-13)27-10-3-9-26-16;/h1-2,4-7,12H,3,8-11H2,(H3,23,24,25);1H. The lowest BCUT2D eigenvalue weighted by Crippen LogP contribution is -2.23. The average Bonchev–Trinajstić information content (AvgIpc) is 2.90. The molecule has 2 aromatic rings. The Bertz CT molecular complexity index is 847. The summed E-state index contributed by atoms with van der Waals surface area (Å²) in [6.07, 6.45) is -3.67. The number of hydrogen-bond acceptors (Lipinski definition) is 4. The van der Waals surface area contributed by atoms with E-state index in [0.29, 0.717) is 30.4 Å². The average molecular weight is 523 g/mol. The van der Waals surface area contributed by atoms with Gasteiger partial charge in [-0.1, -0.05) is 12.1 Å². The lowest BCUT2D eigenvalue weighted by molar-refractivity contribution is -0.138. The molecular weight excluding hydrogens is 502 g/mol. The Morgan fingerprint density at radius 3 is 2.59 bits per heavy atom. The Hall–Kier alpha value is -2.37. The molecule has 0 bridgehead atoms. The molecule has 3 rings (SSSR count). The van der Waals surface area contributed by atoms with E-state index in [1.54, 1.807) is 18.2 Å². The normalized spacial score (nSPS) is 13.8. The van der Waals surface area contributed by atoms with Crippen LogP contribution in [0.15, 0.2) is 47.5 Å². The van der Waals surface area contributed by atoms with Crippen LogP contribution >= 0.6 is 24.0 Å². The lowest BCUT2D eigenvalue weighted by Gasteiger charge is -2.13. The van der Waals surface area contributed by atoms with Crippen LogP contribution in [0.3, 0.4) is 0 Å². The minimum atomic E-state index is -4.47. The highest BCUT2D eigenvalue weighted by atomic mass is 127. The highest BCUT2D eigenvalue weighted by Crippen LogP contribution is 2.36. The first-order chi connectivity index (χ1) is 13.4. The van der Waals surface area contributed by atoms with Crippen LogP contribution in [-0.4, -0.2) is 32.3 Å². The van der Waals surface area contributed by atoms with E-state index >= 15 is 0 Å². The molecule has 10 heteroatoms. The first kappa shape index (κ1) is 22.9. The van der Waals surface area contributed by atoms with Crippen molar-refractivity contribution in [3.63, 3.8) is 0 Å². The van der Waals surface area contributed by atoms with E-state index in [9.17, 15) is 13.2 Å². The number of benzene rings is 2. The molecule has 6 nitrogen and oxygen atoms in total. The Kier molecular flexibility index (Phi) is 8.23. The minimum absolute atomic E-state index is 0. The van der Waals surface area contributed by atoms with Crippen LogP contribution in [0.5, 0.6) is 17.2 Å². The zero-order valence-electron chi connectivity index (χ0n) is 15.4. The van der Waals surface area contributed by atoms with Gasteiger partial charge in [-0.05, 0) is 24.3 Å². The van der Waals surface area contributed by atoms with Crippen molar-refractivity contribution in [2.24, 2.45) is 10.7 Å². The fourth-order valence-corrected chi connectivity index (χ4v) is 2.58. The maximum atomic E-state index is 12.9. The van der Waals surface area contributed by atoms with Crippen molar-refractivity contribution in [2.75, 3.05) is 31.7 Å². The number of nitrogens with zero attached hydrogens (tertiary/aromatic N) is 1. The van der Waals surface area contributed by atoms with Crippen molar-refractivity contribution in [2.45, 2.75) is 12.6 Å². The van der Waals surface area contributed by atoms with Gasteiger partial charge in [0.15, 0.2) is 17.5 Å². The monoisotopic (exact) mass is 523 g/mol. The van der Waals surface area contributed by atoms with Gasteiger partial charge in [0.25, 0.3) is 0 Å². The van der Waals surface area contributed by atoms with Crippen LogP contribution in [0.1, 0.15) is 12.0 Å². The van der Waals surface area contributed by atoms with Crippen LogP contribution < -0.4 is 25.3 Å². The fraction of sp³-hybridized carbons (Fsp3) is 0.316. The molecule has 29 heavy (non-hydrogen) atoms. The molecule has 2 aromatic carbocycles. The zero-order chi connectivity index (χ0) is 20.0. The molecule has 1 aliphatic rings. The number of rotatable bonds is 5. The van der Waals surface area contributed by atoms with Gasteiger partial charge < -0.3 is 25.3 Å². The number of fused-ring (bicyclic) bond motifs is 1. The van der Waals surface area contributed by atoms with Crippen molar-refractivity contribution in [1.29, 1.82) is 0 Å². The highest BCUT2D eigenvalue weighted by molar-refractivity contribution is 14.0. The minimum Gasteiger partial charge on any atom is -0.491 e. The van der Waals surface area contributed by atoms with Crippen LogP contribution in [0.2, 0.25) is 0 Å². The van der Waals surface area contributed by atoms with E-state index in [0.717, 1.165) is 12.5 Å². The maximum absolute atomic E-state index is 12.9. The molecule has 0 atom stereocenters. The molecule has 0 saturated heterocycles. The van der Waals surface area contributed by atoms with Crippen LogP contribution in [0.4, 0.5) is 18.9 Å². The largest absolute Gasteiger partial charge is 0.491 e. The third kappa shape index (κ3) is 6.58. The third-order valence-corrected chi connectivity index (χ3v) is 3.84. The molecule has 0 aromatic heterocycles. The van der Waals surface area contributed by atoms with E-state index in [2.05, 4.69) is 10.3 Å². The molecule has 0 spiro atoms. The van der Waals surface area contributed by atoms with Gasteiger partial charge in [-0.25, -0.2) is 4.99 Å². The summed E-state index contributed by atoms with van der Waals surface area (Å²) in [6, 6.07) is 10.3. The molecule has 0 radical (unpaired) electrons. The number of aliphatic imine (C=N–C) groups is 1. The van der Waals surface area contributed by atoms with Crippen LogP contribution in [0, 0.1) is 0 Å². The first-order valence-electron chi connectivity index (χ1n) is 8.69. The van der Waals surface area contributed by atoms with Gasteiger partial charge in [0, 0.05) is 18.2 Å². The van der Waals surface area contributed by atoms with Gasteiger partial charge in [-0.3, -0.25) is 0 Å².